The van der Waals surface area contributed by atoms with E-state index in [9.17, 15) is 9.59 Å². The molecule has 0 bridgehead atoms. The SMILES string of the molecule is CN(CN1C(=O)C2(COc3cc4c(cc32)OCO4)c2ccccc21)c1ccccc1SC=O. The van der Waals surface area contributed by atoms with Crippen LogP contribution < -0.4 is 24.0 Å². The number of hydrogen-bond acceptors (Lipinski definition) is 7. The summed E-state index contributed by atoms with van der Waals surface area (Å²) in [6.07, 6.45) is 0. The van der Waals surface area contributed by atoms with Gasteiger partial charge in [-0.2, -0.15) is 0 Å². The minimum Gasteiger partial charge on any atom is -0.491 e. The third kappa shape index (κ3) is 2.83. The highest BCUT2D eigenvalue weighted by Crippen LogP contribution is 2.55. The van der Waals surface area contributed by atoms with Crippen molar-refractivity contribution in [3.8, 4) is 17.2 Å². The van der Waals surface area contributed by atoms with E-state index in [4.69, 9.17) is 14.2 Å². The van der Waals surface area contributed by atoms with E-state index in [2.05, 4.69) is 0 Å². The fourth-order valence-electron chi connectivity index (χ4n) is 4.92. The highest BCUT2D eigenvalue weighted by atomic mass is 32.2. The minimum absolute atomic E-state index is 0.0475. The topological polar surface area (TPSA) is 68.3 Å². The first-order valence-electron chi connectivity index (χ1n) is 10.5. The number of nitrogens with zero attached hydrogens (tertiary/aromatic N) is 2. The summed E-state index contributed by atoms with van der Waals surface area (Å²) in [5, 5.41) is 0. The van der Waals surface area contributed by atoms with Crippen LogP contribution in [0, 0.1) is 0 Å². The second-order valence-electron chi connectivity index (χ2n) is 8.17. The van der Waals surface area contributed by atoms with Gasteiger partial charge in [0.2, 0.25) is 12.7 Å². The van der Waals surface area contributed by atoms with E-state index in [-0.39, 0.29) is 19.3 Å². The van der Waals surface area contributed by atoms with Gasteiger partial charge in [0.1, 0.15) is 17.8 Å². The number of benzene rings is 3. The predicted molar refractivity (Wildman–Crippen MR) is 125 cm³/mol. The Kier molecular flexibility index (Phi) is 4.51. The first-order valence-corrected chi connectivity index (χ1v) is 11.4. The van der Waals surface area contributed by atoms with Crippen LogP contribution in [0.5, 0.6) is 17.2 Å². The number of fused-ring (bicyclic) bond motifs is 5. The molecule has 3 aromatic rings. The van der Waals surface area contributed by atoms with Crippen LogP contribution in [0.25, 0.3) is 0 Å². The van der Waals surface area contributed by atoms with Gasteiger partial charge in [0, 0.05) is 23.6 Å². The molecule has 8 heteroatoms. The number of thioether (sulfide) groups is 1. The van der Waals surface area contributed by atoms with E-state index in [1.807, 2.05) is 72.6 Å². The lowest BCUT2D eigenvalue weighted by atomic mass is 9.77. The average Bonchev–Trinajstić information content (AvgIpc) is 3.51. The third-order valence-electron chi connectivity index (χ3n) is 6.45. The van der Waals surface area contributed by atoms with Crippen LogP contribution in [0.15, 0.2) is 65.6 Å². The average molecular weight is 461 g/mol. The van der Waals surface area contributed by atoms with Crippen molar-refractivity contribution < 1.29 is 23.8 Å². The quantitative estimate of drug-likeness (QED) is 0.424. The van der Waals surface area contributed by atoms with E-state index in [1.165, 1.54) is 0 Å². The smallest absolute Gasteiger partial charge is 0.247 e. The van der Waals surface area contributed by atoms with Crippen LogP contribution in [-0.4, -0.2) is 38.6 Å². The molecule has 3 aliphatic heterocycles. The Hall–Kier alpha value is -3.65. The summed E-state index contributed by atoms with van der Waals surface area (Å²) in [5.74, 6) is 1.85. The summed E-state index contributed by atoms with van der Waals surface area (Å²) >= 11 is 1.12. The van der Waals surface area contributed by atoms with Gasteiger partial charge in [0.15, 0.2) is 17.1 Å². The first-order chi connectivity index (χ1) is 16.1. The zero-order chi connectivity index (χ0) is 22.6. The number of ether oxygens (including phenoxy) is 3. The number of para-hydroxylation sites is 2. The van der Waals surface area contributed by atoms with Gasteiger partial charge in [-0.25, -0.2) is 0 Å². The van der Waals surface area contributed by atoms with Crippen molar-refractivity contribution in [3.05, 3.63) is 71.8 Å². The Labute approximate surface area is 194 Å². The zero-order valence-corrected chi connectivity index (χ0v) is 18.6. The predicted octanol–water partition coefficient (Wildman–Crippen LogP) is 3.82. The molecule has 3 aromatic carbocycles. The molecule has 1 atom stereocenters. The number of amides is 1. The van der Waals surface area contributed by atoms with Crippen LogP contribution in [-0.2, 0) is 15.0 Å². The number of rotatable bonds is 5. The van der Waals surface area contributed by atoms with Crippen molar-refractivity contribution >= 4 is 34.7 Å². The molecule has 3 aliphatic rings. The van der Waals surface area contributed by atoms with Crippen LogP contribution in [0.2, 0.25) is 0 Å². The van der Waals surface area contributed by atoms with Crippen molar-refractivity contribution in [2.75, 3.05) is 36.9 Å². The Morgan fingerprint density at radius 1 is 1.00 bits per heavy atom. The maximum absolute atomic E-state index is 14.1. The monoisotopic (exact) mass is 460 g/mol. The van der Waals surface area contributed by atoms with E-state index < -0.39 is 5.41 Å². The van der Waals surface area contributed by atoms with Crippen molar-refractivity contribution in [2.24, 2.45) is 0 Å². The van der Waals surface area contributed by atoms with E-state index in [1.54, 1.807) is 4.90 Å². The fourth-order valence-corrected chi connectivity index (χ4v) is 5.52. The highest BCUT2D eigenvalue weighted by Gasteiger charge is 2.57. The summed E-state index contributed by atoms with van der Waals surface area (Å²) < 4.78 is 17.1. The van der Waals surface area contributed by atoms with Gasteiger partial charge in [-0.15, -0.1) is 0 Å². The first kappa shape index (κ1) is 20.0. The highest BCUT2D eigenvalue weighted by molar-refractivity contribution is 8.12. The number of carbonyl (C=O) groups is 2. The molecule has 6 rings (SSSR count). The number of hydrogen-bond donors (Lipinski definition) is 0. The molecule has 0 aliphatic carbocycles. The standard InChI is InChI=1S/C25H20N2O5S/c1-26(19-8-4-5-9-23(19)33-14-28)13-27-18-7-3-2-6-16(18)25(24(27)29)12-30-20-11-22-21(10-17(20)25)31-15-32-22/h2-11,14H,12-13,15H2,1H3. The molecular formula is C25H20N2O5S. The number of carbonyl (C=O) groups excluding carboxylic acids is 2. The largest absolute Gasteiger partial charge is 0.491 e. The van der Waals surface area contributed by atoms with Crippen molar-refractivity contribution in [3.63, 3.8) is 0 Å². The molecule has 0 aromatic heterocycles. The molecule has 1 amide bonds. The van der Waals surface area contributed by atoms with Crippen LogP contribution in [0.4, 0.5) is 11.4 Å². The zero-order valence-electron chi connectivity index (χ0n) is 17.8. The summed E-state index contributed by atoms with van der Waals surface area (Å²) in [4.78, 5) is 29.9. The van der Waals surface area contributed by atoms with E-state index in [0.29, 0.717) is 23.9 Å². The molecule has 7 nitrogen and oxygen atoms in total. The van der Waals surface area contributed by atoms with Crippen molar-refractivity contribution in [1.82, 2.24) is 0 Å². The minimum atomic E-state index is -0.940. The van der Waals surface area contributed by atoms with E-state index in [0.717, 1.165) is 44.8 Å². The lowest BCUT2D eigenvalue weighted by Crippen LogP contribution is -2.46. The second-order valence-corrected chi connectivity index (χ2v) is 9.04. The van der Waals surface area contributed by atoms with Gasteiger partial charge in [0.25, 0.3) is 0 Å². The van der Waals surface area contributed by atoms with Crippen LogP contribution in [0.3, 0.4) is 0 Å². The van der Waals surface area contributed by atoms with Gasteiger partial charge in [0.05, 0.1) is 18.0 Å². The molecule has 0 fully saturated rings. The number of anilines is 2. The Morgan fingerprint density at radius 3 is 2.61 bits per heavy atom. The lowest BCUT2D eigenvalue weighted by molar-refractivity contribution is -0.122. The molecule has 0 radical (unpaired) electrons. The molecule has 0 N–H and O–H groups in total. The van der Waals surface area contributed by atoms with Crippen molar-refractivity contribution in [1.29, 1.82) is 0 Å². The van der Waals surface area contributed by atoms with Crippen LogP contribution in [0.1, 0.15) is 11.1 Å². The van der Waals surface area contributed by atoms with Crippen LogP contribution >= 0.6 is 11.8 Å². The molecule has 33 heavy (non-hydrogen) atoms. The molecular weight excluding hydrogens is 440 g/mol. The van der Waals surface area contributed by atoms with Gasteiger partial charge in [-0.1, -0.05) is 42.1 Å². The molecule has 0 saturated carbocycles. The molecule has 3 heterocycles. The fraction of sp³-hybridized carbons (Fsp3) is 0.200. The normalized spacial score (nSPS) is 19.4. The summed E-state index contributed by atoms with van der Waals surface area (Å²) in [7, 11) is 1.92. The maximum atomic E-state index is 14.1. The van der Waals surface area contributed by atoms with Gasteiger partial charge in [-0.05, 0) is 29.8 Å². The van der Waals surface area contributed by atoms with Crippen molar-refractivity contribution in [2.45, 2.75) is 10.3 Å². The maximum Gasteiger partial charge on any atom is 0.247 e. The Morgan fingerprint density at radius 2 is 1.76 bits per heavy atom. The molecule has 1 spiro atoms. The molecule has 0 saturated heterocycles. The van der Waals surface area contributed by atoms with E-state index >= 15 is 0 Å². The summed E-state index contributed by atoms with van der Waals surface area (Å²) in [6, 6.07) is 19.2. The molecule has 1 unspecified atom stereocenters. The Balaban J connectivity index is 1.42. The molecule has 166 valence electrons. The van der Waals surface area contributed by atoms with Gasteiger partial charge in [-0.3, -0.25) is 14.5 Å². The summed E-state index contributed by atoms with van der Waals surface area (Å²) in [5.41, 5.74) is 3.32. The second kappa shape index (κ2) is 7.45. The summed E-state index contributed by atoms with van der Waals surface area (Å²) in [6.45, 7) is 0.706. The third-order valence-corrected chi connectivity index (χ3v) is 7.14. The van der Waals surface area contributed by atoms with Gasteiger partial charge >= 0.3 is 0 Å². The lowest BCUT2D eigenvalue weighted by Gasteiger charge is -2.29. The Bertz CT molecular complexity index is 1300. The van der Waals surface area contributed by atoms with Gasteiger partial charge < -0.3 is 19.1 Å².